The first kappa shape index (κ1) is 6.68. The summed E-state index contributed by atoms with van der Waals surface area (Å²) in [6, 6.07) is 1.79. The van der Waals surface area contributed by atoms with E-state index in [1.165, 1.54) is 0 Å². The van der Waals surface area contributed by atoms with E-state index in [0.29, 0.717) is 5.59 Å². The molecule has 0 amide bonds. The molecule has 0 aliphatic rings. The molecule has 0 saturated heterocycles. The van der Waals surface area contributed by atoms with Gasteiger partial charge in [0.05, 0.1) is 0 Å². The second-order valence-electron chi connectivity index (χ2n) is 1.90. The zero-order valence-corrected chi connectivity index (χ0v) is 6.02. The van der Waals surface area contributed by atoms with Gasteiger partial charge in [0.1, 0.15) is 7.85 Å². The molecule has 0 aliphatic heterocycles. The van der Waals surface area contributed by atoms with Crippen molar-refractivity contribution in [3.05, 3.63) is 17.8 Å². The van der Waals surface area contributed by atoms with Gasteiger partial charge in [0.15, 0.2) is 0 Å². The predicted octanol–water partition coefficient (Wildman–Crippen LogP) is 0.473. The Morgan fingerprint density at radius 3 is 2.78 bits per heavy atom. The molecular weight excluding hydrogens is 129 g/mol. The summed E-state index contributed by atoms with van der Waals surface area (Å²) in [5, 5.41) is 0. The summed E-state index contributed by atoms with van der Waals surface area (Å²) in [6.45, 7) is 1.94. The lowest BCUT2D eigenvalue weighted by atomic mass is 10.0. The summed E-state index contributed by atoms with van der Waals surface area (Å²) in [5.74, 6) is 0. The molecule has 1 aromatic heterocycles. The van der Waals surface area contributed by atoms with E-state index < -0.39 is 0 Å². The van der Waals surface area contributed by atoms with Crippen LogP contribution in [-0.4, -0.2) is 12.8 Å². The molecule has 0 saturated carbocycles. The van der Waals surface area contributed by atoms with Crippen molar-refractivity contribution in [3.8, 4) is 0 Å². The van der Waals surface area contributed by atoms with Crippen molar-refractivity contribution in [1.29, 1.82) is 0 Å². The molecule has 1 rings (SSSR count). The lowest BCUT2D eigenvalue weighted by Crippen LogP contribution is -2.07. The van der Waals surface area contributed by atoms with Crippen molar-refractivity contribution >= 4 is 26.1 Å². The van der Waals surface area contributed by atoms with Crippen LogP contribution in [0.1, 0.15) is 5.56 Å². The van der Waals surface area contributed by atoms with Crippen LogP contribution in [0.5, 0.6) is 0 Å². The van der Waals surface area contributed by atoms with Crippen LogP contribution in [0.2, 0.25) is 0 Å². The highest BCUT2D eigenvalue weighted by Crippen LogP contribution is 2.06. The number of aryl methyl sites for hydroxylation is 1. The van der Waals surface area contributed by atoms with Crippen LogP contribution in [0.3, 0.4) is 0 Å². The molecule has 1 heterocycles. The lowest BCUT2D eigenvalue weighted by molar-refractivity contribution is 1.21. The number of thiol groups is 1. The Labute approximate surface area is 61.3 Å². The Morgan fingerprint density at radius 2 is 2.33 bits per heavy atom. The first-order valence-corrected chi connectivity index (χ1v) is 3.06. The van der Waals surface area contributed by atoms with Crippen molar-refractivity contribution in [3.63, 3.8) is 0 Å². The molecule has 1 aromatic rings. The molecule has 3 heteroatoms. The van der Waals surface area contributed by atoms with Gasteiger partial charge >= 0.3 is 0 Å². The van der Waals surface area contributed by atoms with Crippen LogP contribution in [0.15, 0.2) is 17.2 Å². The Balaban J connectivity index is 3.17. The van der Waals surface area contributed by atoms with Crippen molar-refractivity contribution in [2.45, 2.75) is 11.8 Å². The molecule has 44 valence electrons. The van der Waals surface area contributed by atoms with E-state index in [2.05, 4.69) is 17.6 Å². The van der Waals surface area contributed by atoms with Crippen LogP contribution in [0, 0.1) is 6.92 Å². The molecule has 2 radical (unpaired) electrons. The van der Waals surface area contributed by atoms with Crippen LogP contribution >= 0.6 is 12.6 Å². The van der Waals surface area contributed by atoms with Gasteiger partial charge < -0.3 is 0 Å². The van der Waals surface area contributed by atoms with E-state index in [-0.39, 0.29) is 0 Å². The van der Waals surface area contributed by atoms with Crippen molar-refractivity contribution in [2.24, 2.45) is 0 Å². The van der Waals surface area contributed by atoms with E-state index in [1.54, 1.807) is 12.3 Å². The number of pyridine rings is 1. The van der Waals surface area contributed by atoms with Gasteiger partial charge in [-0.05, 0) is 24.1 Å². The summed E-state index contributed by atoms with van der Waals surface area (Å²) in [4.78, 5) is 4.72. The average molecular weight is 135 g/mol. The first-order chi connectivity index (χ1) is 4.20. The number of rotatable bonds is 0. The van der Waals surface area contributed by atoms with Crippen LogP contribution in [0.4, 0.5) is 0 Å². The van der Waals surface area contributed by atoms with E-state index in [0.717, 1.165) is 10.5 Å². The Hall–Kier alpha value is -0.435. The summed E-state index contributed by atoms with van der Waals surface area (Å²) in [6.07, 6.45) is 1.65. The zero-order valence-electron chi connectivity index (χ0n) is 5.13. The quantitative estimate of drug-likeness (QED) is 0.403. The standard InChI is InChI=1S/C6H6BNS/c1-4-2-6(7)8-3-5(4)9/h2-3,9H,1H3. The van der Waals surface area contributed by atoms with Gasteiger partial charge in [0.25, 0.3) is 0 Å². The monoisotopic (exact) mass is 135 g/mol. The molecule has 1 nitrogen and oxygen atoms in total. The molecular formula is C6H6BNS. The lowest BCUT2D eigenvalue weighted by Gasteiger charge is -1.97. The van der Waals surface area contributed by atoms with Crippen LogP contribution in [-0.2, 0) is 0 Å². The summed E-state index contributed by atoms with van der Waals surface area (Å²) in [7, 11) is 5.38. The second kappa shape index (κ2) is 2.44. The highest BCUT2D eigenvalue weighted by molar-refractivity contribution is 7.80. The minimum Gasteiger partial charge on any atom is -0.272 e. The van der Waals surface area contributed by atoms with Gasteiger partial charge in [-0.2, -0.15) is 0 Å². The minimum absolute atomic E-state index is 0.547. The highest BCUT2D eigenvalue weighted by atomic mass is 32.1. The maximum atomic E-state index is 5.38. The molecule has 0 atom stereocenters. The molecule has 0 aromatic carbocycles. The Morgan fingerprint density at radius 1 is 1.67 bits per heavy atom. The van der Waals surface area contributed by atoms with Gasteiger partial charge in [-0.3, -0.25) is 4.98 Å². The number of hydrogen-bond donors (Lipinski definition) is 1. The summed E-state index contributed by atoms with van der Waals surface area (Å²) < 4.78 is 0. The average Bonchev–Trinajstić information content (AvgIpc) is 1.80. The van der Waals surface area contributed by atoms with Gasteiger partial charge in [-0.25, -0.2) is 0 Å². The molecule has 0 unspecified atom stereocenters. The fraction of sp³-hybridized carbons (Fsp3) is 0.167. The van der Waals surface area contributed by atoms with Crippen LogP contribution < -0.4 is 5.59 Å². The maximum absolute atomic E-state index is 5.38. The van der Waals surface area contributed by atoms with E-state index in [1.807, 2.05) is 6.92 Å². The van der Waals surface area contributed by atoms with Gasteiger partial charge in [-0.15, -0.1) is 12.6 Å². The molecule has 0 fully saturated rings. The third-order valence-corrected chi connectivity index (χ3v) is 1.57. The zero-order chi connectivity index (χ0) is 6.85. The fourth-order valence-electron chi connectivity index (χ4n) is 0.571. The largest absolute Gasteiger partial charge is 0.272 e. The second-order valence-corrected chi connectivity index (χ2v) is 2.38. The van der Waals surface area contributed by atoms with Crippen LogP contribution in [0.25, 0.3) is 0 Å². The SMILES string of the molecule is [B]c1cc(C)c(S)cn1. The van der Waals surface area contributed by atoms with E-state index >= 15 is 0 Å². The van der Waals surface area contributed by atoms with Gasteiger partial charge in [-0.1, -0.05) is 0 Å². The third-order valence-electron chi connectivity index (χ3n) is 1.10. The highest BCUT2D eigenvalue weighted by Gasteiger charge is 1.91. The van der Waals surface area contributed by atoms with Crippen molar-refractivity contribution < 1.29 is 0 Å². The van der Waals surface area contributed by atoms with Crippen molar-refractivity contribution in [1.82, 2.24) is 4.98 Å². The molecule has 0 aliphatic carbocycles. The predicted molar refractivity (Wildman–Crippen MR) is 41.6 cm³/mol. The van der Waals surface area contributed by atoms with Gasteiger partial charge in [0.2, 0.25) is 0 Å². The number of nitrogens with zero attached hydrogens (tertiary/aromatic N) is 1. The van der Waals surface area contributed by atoms with Gasteiger partial charge in [0, 0.05) is 11.1 Å². The number of aromatic nitrogens is 1. The summed E-state index contributed by atoms with van der Waals surface area (Å²) >= 11 is 4.13. The number of hydrogen-bond acceptors (Lipinski definition) is 2. The third kappa shape index (κ3) is 1.48. The molecule has 9 heavy (non-hydrogen) atoms. The summed E-state index contributed by atoms with van der Waals surface area (Å²) in [5.41, 5.74) is 1.61. The molecule has 0 N–H and O–H groups in total. The van der Waals surface area contributed by atoms with Crippen molar-refractivity contribution in [2.75, 3.05) is 0 Å². The van der Waals surface area contributed by atoms with E-state index in [4.69, 9.17) is 7.85 Å². The topological polar surface area (TPSA) is 12.9 Å². The molecule has 0 bridgehead atoms. The molecule has 0 spiro atoms. The Bertz CT molecular complexity index is 224. The smallest absolute Gasteiger partial charge is 0.141 e. The maximum Gasteiger partial charge on any atom is 0.141 e. The first-order valence-electron chi connectivity index (χ1n) is 2.61. The Kier molecular flexibility index (Phi) is 1.81. The van der Waals surface area contributed by atoms with E-state index in [9.17, 15) is 0 Å². The fourth-order valence-corrected chi connectivity index (χ4v) is 0.693. The normalized spacial score (nSPS) is 9.56. The minimum atomic E-state index is 0.547.